The second-order valence-electron chi connectivity index (χ2n) is 7.43. The molecule has 3 aromatic heterocycles. The van der Waals surface area contributed by atoms with Crippen molar-refractivity contribution in [1.29, 1.82) is 0 Å². The molecule has 0 fully saturated rings. The van der Waals surface area contributed by atoms with Gasteiger partial charge in [-0.25, -0.2) is 9.97 Å². The predicted molar refractivity (Wildman–Crippen MR) is 125 cm³/mol. The number of benzene rings is 2. The van der Waals surface area contributed by atoms with Gasteiger partial charge in [-0.05, 0) is 42.8 Å². The number of ketones is 1. The number of ether oxygens (including phenoxy) is 1. The molecule has 8 nitrogen and oxygen atoms in total. The minimum Gasteiger partial charge on any atom is -0.494 e. The number of nitrogens with zero attached hydrogens (tertiary/aromatic N) is 3. The Morgan fingerprint density at radius 1 is 1.15 bits per heavy atom. The van der Waals surface area contributed by atoms with Crippen molar-refractivity contribution in [1.82, 2.24) is 20.2 Å². The number of hydrogen-bond acceptors (Lipinski definition) is 7. The zero-order valence-electron chi connectivity index (χ0n) is 17.9. The molecule has 0 bridgehead atoms. The van der Waals surface area contributed by atoms with Crippen LogP contribution >= 0.6 is 0 Å². The summed E-state index contributed by atoms with van der Waals surface area (Å²) in [4.78, 5) is 22.1. The van der Waals surface area contributed by atoms with Crippen LogP contribution < -0.4 is 10.1 Å². The summed E-state index contributed by atoms with van der Waals surface area (Å²) in [6.45, 7) is 2.51. The van der Waals surface area contributed by atoms with Gasteiger partial charge in [-0.15, -0.1) is 0 Å². The number of rotatable bonds is 8. The topological polar surface area (TPSA) is 106 Å². The summed E-state index contributed by atoms with van der Waals surface area (Å²) in [5.74, 6) is 1.93. The molecule has 164 valence electrons. The van der Waals surface area contributed by atoms with Crippen LogP contribution in [-0.2, 0) is 6.42 Å². The van der Waals surface area contributed by atoms with Gasteiger partial charge >= 0.3 is 0 Å². The van der Waals surface area contributed by atoms with Gasteiger partial charge in [0.1, 0.15) is 17.8 Å². The molecule has 0 saturated carbocycles. The van der Waals surface area contributed by atoms with Crippen LogP contribution in [0.25, 0.3) is 22.3 Å². The summed E-state index contributed by atoms with van der Waals surface area (Å²) >= 11 is 0. The SMILES string of the molecule is CCOc1ccc2nc(-c3cccc(CC(=O)c4ccoc4)c3)nc(Nc3cn[nH]c3)c2c1. The summed E-state index contributed by atoms with van der Waals surface area (Å²) in [6, 6.07) is 15.1. The lowest BCUT2D eigenvalue weighted by molar-refractivity contribution is 0.0992. The van der Waals surface area contributed by atoms with Crippen molar-refractivity contribution in [3.63, 3.8) is 0 Å². The first-order valence-corrected chi connectivity index (χ1v) is 10.5. The number of furan rings is 1. The van der Waals surface area contributed by atoms with E-state index in [2.05, 4.69) is 15.5 Å². The van der Waals surface area contributed by atoms with Gasteiger partial charge < -0.3 is 14.5 Å². The largest absolute Gasteiger partial charge is 0.494 e. The van der Waals surface area contributed by atoms with Gasteiger partial charge in [0.15, 0.2) is 11.6 Å². The highest BCUT2D eigenvalue weighted by molar-refractivity contribution is 5.97. The monoisotopic (exact) mass is 439 g/mol. The first-order chi connectivity index (χ1) is 16.2. The highest BCUT2D eigenvalue weighted by atomic mass is 16.5. The Morgan fingerprint density at radius 3 is 2.88 bits per heavy atom. The number of carbonyl (C=O) groups is 1. The summed E-state index contributed by atoms with van der Waals surface area (Å²) in [6.07, 6.45) is 6.66. The van der Waals surface area contributed by atoms with Crippen molar-refractivity contribution in [2.75, 3.05) is 11.9 Å². The molecule has 33 heavy (non-hydrogen) atoms. The maximum Gasteiger partial charge on any atom is 0.170 e. The summed E-state index contributed by atoms with van der Waals surface area (Å²) in [5.41, 5.74) is 3.80. The molecule has 0 radical (unpaired) electrons. The standard InChI is InChI=1S/C25H21N5O3/c1-2-33-20-6-7-22-21(12-20)25(28-19-13-26-27-14-19)30-24(29-22)17-5-3-4-16(10-17)11-23(31)18-8-9-32-15-18/h3-10,12-15H,2,11H2,1H3,(H,26,27)(H,28,29,30). The molecule has 0 aliphatic rings. The lowest BCUT2D eigenvalue weighted by atomic mass is 10.0. The first kappa shape index (κ1) is 20.4. The number of aromatic nitrogens is 4. The van der Waals surface area contributed by atoms with E-state index in [1.54, 1.807) is 18.5 Å². The zero-order valence-corrected chi connectivity index (χ0v) is 17.9. The van der Waals surface area contributed by atoms with Crippen LogP contribution in [0.4, 0.5) is 11.5 Å². The summed E-state index contributed by atoms with van der Waals surface area (Å²) < 4.78 is 10.7. The minimum atomic E-state index is -0.00824. The Bertz CT molecular complexity index is 1400. The number of fused-ring (bicyclic) bond motifs is 1. The number of anilines is 2. The van der Waals surface area contributed by atoms with Crippen molar-refractivity contribution < 1.29 is 13.9 Å². The highest BCUT2D eigenvalue weighted by Crippen LogP contribution is 2.30. The van der Waals surface area contributed by atoms with E-state index in [4.69, 9.17) is 19.1 Å². The van der Waals surface area contributed by atoms with Gasteiger partial charge in [0.2, 0.25) is 0 Å². The van der Waals surface area contributed by atoms with Crippen molar-refractivity contribution in [2.24, 2.45) is 0 Å². The van der Waals surface area contributed by atoms with Crippen LogP contribution in [0, 0.1) is 0 Å². The molecule has 3 heterocycles. The van der Waals surface area contributed by atoms with Gasteiger partial charge in [-0.2, -0.15) is 5.10 Å². The van der Waals surface area contributed by atoms with Gasteiger partial charge in [-0.3, -0.25) is 9.89 Å². The van der Waals surface area contributed by atoms with Crippen LogP contribution in [0.2, 0.25) is 0 Å². The summed E-state index contributed by atoms with van der Waals surface area (Å²) in [7, 11) is 0. The van der Waals surface area contributed by atoms with Gasteiger partial charge in [-0.1, -0.05) is 18.2 Å². The summed E-state index contributed by atoms with van der Waals surface area (Å²) in [5, 5.41) is 10.9. The number of carbonyl (C=O) groups excluding carboxylic acids is 1. The van der Waals surface area contributed by atoms with Gasteiger partial charge in [0.05, 0.1) is 35.8 Å². The predicted octanol–water partition coefficient (Wildman–Crippen LogP) is 5.18. The third-order valence-electron chi connectivity index (χ3n) is 5.13. The molecule has 0 aliphatic heterocycles. The Kier molecular flexibility index (Phi) is 5.55. The number of Topliss-reactive ketones (excluding diaryl/α,β-unsaturated/α-hetero) is 1. The fourth-order valence-corrected chi connectivity index (χ4v) is 3.58. The molecule has 5 rings (SSSR count). The molecular formula is C25H21N5O3. The number of H-pyrrole nitrogens is 1. The van der Waals surface area contributed by atoms with Crippen molar-refractivity contribution >= 4 is 28.2 Å². The fraction of sp³-hybridized carbons (Fsp3) is 0.120. The maximum absolute atomic E-state index is 12.5. The third kappa shape index (κ3) is 4.45. The zero-order chi connectivity index (χ0) is 22.6. The Balaban J connectivity index is 1.54. The first-order valence-electron chi connectivity index (χ1n) is 10.5. The fourth-order valence-electron chi connectivity index (χ4n) is 3.58. The van der Waals surface area contributed by atoms with Crippen LogP contribution in [0.1, 0.15) is 22.8 Å². The van der Waals surface area contributed by atoms with E-state index in [0.717, 1.165) is 33.5 Å². The van der Waals surface area contributed by atoms with Crippen LogP contribution in [0.15, 0.2) is 77.9 Å². The van der Waals surface area contributed by atoms with Crippen molar-refractivity contribution in [3.8, 4) is 17.1 Å². The molecule has 0 spiro atoms. The van der Waals surface area contributed by atoms with Crippen LogP contribution in [-0.4, -0.2) is 32.6 Å². The van der Waals surface area contributed by atoms with E-state index in [1.807, 2.05) is 49.4 Å². The second-order valence-corrected chi connectivity index (χ2v) is 7.43. The minimum absolute atomic E-state index is 0.00824. The number of hydrogen-bond donors (Lipinski definition) is 2. The van der Waals surface area contributed by atoms with Crippen LogP contribution in [0.3, 0.4) is 0 Å². The lowest BCUT2D eigenvalue weighted by Gasteiger charge is -2.12. The average Bonchev–Trinajstić information content (AvgIpc) is 3.54. The van der Waals surface area contributed by atoms with E-state index in [9.17, 15) is 4.79 Å². The molecule has 2 aromatic carbocycles. The Hall–Kier alpha value is -4.46. The van der Waals surface area contributed by atoms with Crippen molar-refractivity contribution in [3.05, 3.63) is 84.6 Å². The highest BCUT2D eigenvalue weighted by Gasteiger charge is 2.14. The lowest BCUT2D eigenvalue weighted by Crippen LogP contribution is -2.03. The van der Waals surface area contributed by atoms with Crippen LogP contribution in [0.5, 0.6) is 5.75 Å². The number of aromatic amines is 1. The van der Waals surface area contributed by atoms with Crippen molar-refractivity contribution in [2.45, 2.75) is 13.3 Å². The molecule has 8 heteroatoms. The average molecular weight is 439 g/mol. The second kappa shape index (κ2) is 8.96. The smallest absolute Gasteiger partial charge is 0.170 e. The van der Waals surface area contributed by atoms with E-state index in [-0.39, 0.29) is 12.2 Å². The van der Waals surface area contributed by atoms with E-state index in [1.165, 1.54) is 12.5 Å². The van der Waals surface area contributed by atoms with E-state index in [0.29, 0.717) is 23.8 Å². The molecule has 2 N–H and O–H groups in total. The molecule has 0 saturated heterocycles. The number of nitrogens with one attached hydrogen (secondary N) is 2. The molecule has 5 aromatic rings. The molecule has 0 atom stereocenters. The molecule has 0 amide bonds. The van der Waals surface area contributed by atoms with E-state index < -0.39 is 0 Å². The quantitative estimate of drug-likeness (QED) is 0.321. The van der Waals surface area contributed by atoms with Gasteiger partial charge in [0.25, 0.3) is 0 Å². The molecule has 0 unspecified atom stereocenters. The molecule has 0 aliphatic carbocycles. The Labute approximate surface area is 189 Å². The van der Waals surface area contributed by atoms with Gasteiger partial charge in [0, 0.05) is 23.6 Å². The Morgan fingerprint density at radius 2 is 2.09 bits per heavy atom. The third-order valence-corrected chi connectivity index (χ3v) is 5.13. The van der Waals surface area contributed by atoms with E-state index >= 15 is 0 Å². The molecular weight excluding hydrogens is 418 g/mol. The normalized spacial score (nSPS) is 10.9. The maximum atomic E-state index is 12.5.